The van der Waals surface area contributed by atoms with Gasteiger partial charge < -0.3 is 86.0 Å². The van der Waals surface area contributed by atoms with E-state index in [9.17, 15) is 0 Å². The summed E-state index contributed by atoms with van der Waals surface area (Å²) in [4.78, 5) is 0. The summed E-state index contributed by atoms with van der Waals surface area (Å²) in [6.45, 7) is 50.7. The fraction of sp³-hybridized carbons (Fsp3) is 1.00. The highest BCUT2D eigenvalue weighted by molar-refractivity contribution is 4.48. The molecule has 0 rings (SSSR count). The van der Waals surface area contributed by atoms with Gasteiger partial charge in [-0.1, -0.05) is 55.4 Å². The van der Waals surface area contributed by atoms with Crippen molar-refractivity contribution in [1.82, 2.24) is 0 Å². The zero-order valence-electron chi connectivity index (χ0n) is 53.8. The van der Waals surface area contributed by atoms with Crippen molar-refractivity contribution in [1.29, 1.82) is 0 Å². The predicted molar refractivity (Wildman–Crippen MR) is 315 cm³/mol. The predicted octanol–water partition coefficient (Wildman–Crippen LogP) is 10.5. The van der Waals surface area contributed by atoms with E-state index in [-0.39, 0.29) is 13.2 Å². The summed E-state index contributed by atoms with van der Waals surface area (Å²) >= 11 is 0. The van der Waals surface area contributed by atoms with Crippen LogP contribution in [0.4, 0.5) is 0 Å². The van der Waals surface area contributed by atoms with Gasteiger partial charge in [0.05, 0.1) is 188 Å². The zero-order chi connectivity index (χ0) is 59.7. The van der Waals surface area contributed by atoms with Crippen molar-refractivity contribution in [3.8, 4) is 0 Å². The van der Waals surface area contributed by atoms with Crippen LogP contribution in [0.5, 0.6) is 0 Å². The van der Waals surface area contributed by atoms with Crippen LogP contribution in [0.25, 0.3) is 0 Å². The van der Waals surface area contributed by atoms with Gasteiger partial charge >= 0.3 is 0 Å². The molecule has 0 heterocycles. The number of aliphatic hydroxyl groups excluding tert-OH is 2. The number of rotatable bonds is 49. The number of ether oxygens (including phenoxy) is 16. The molecule has 7 atom stereocenters. The van der Waals surface area contributed by atoms with Crippen molar-refractivity contribution < 1.29 is 86.0 Å². The normalized spacial score (nSPS) is 13.4. The van der Waals surface area contributed by atoms with Crippen LogP contribution < -0.4 is 0 Å². The second kappa shape index (κ2) is 86.5. The average molecular weight is 1130 g/mol. The fourth-order valence-electron chi connectivity index (χ4n) is 4.34. The molecule has 0 aliphatic heterocycles. The lowest BCUT2D eigenvalue weighted by atomic mass is 10.3. The summed E-state index contributed by atoms with van der Waals surface area (Å²) in [6, 6.07) is 0. The standard InChI is InChI=1S/C11H24O3.C10H22O3.C9H20O3.C8H18O3.C8H18O2.C7H16O2.C6H14O2/c1-4-6-12-7-8-13-9-10-14-11(3)5-2;1-4-10(3)13-9-8-12-7-6-11-5-2;1-4-9(2)12-8-7-11-6-5-10-3;1-3-8(2)11-7-6-10-5-4-9;1-4-8(3)10-7-6-9-5-2;1-4-7(2)9-6-5-8-3;1-3-6(2)8-5-4-7/h11H,4-10H2,1-3H3;10H,4-9H2,1-3H3;9H,4-8H2,1-3H3;8-9H,3-7H2,1-2H3;8H,4-7H2,1-3H3;7H,4-6H2,1-3H3;6-7H,3-5H2,1-2H3. The number of hydrogen-bond acceptors (Lipinski definition) is 18. The van der Waals surface area contributed by atoms with E-state index in [0.717, 1.165) is 84.4 Å². The van der Waals surface area contributed by atoms with E-state index in [2.05, 4.69) is 90.0 Å². The fourth-order valence-corrected chi connectivity index (χ4v) is 4.34. The molecule has 0 aromatic heterocycles. The third-order valence-electron chi connectivity index (χ3n) is 10.5. The molecule has 0 aromatic rings. The van der Waals surface area contributed by atoms with Gasteiger partial charge in [-0.2, -0.15) is 0 Å². The maximum atomic E-state index is 8.36. The molecule has 0 aliphatic carbocycles. The number of aliphatic hydroxyl groups is 2. The molecular formula is C59H132O18. The van der Waals surface area contributed by atoms with Gasteiger partial charge in [0, 0.05) is 34.0 Å². The minimum atomic E-state index is 0.0866. The molecule has 0 spiro atoms. The van der Waals surface area contributed by atoms with E-state index in [1.165, 1.54) is 0 Å². The number of methoxy groups -OCH3 is 2. The topological polar surface area (TPSA) is 188 Å². The minimum Gasteiger partial charge on any atom is -0.394 e. The van der Waals surface area contributed by atoms with E-state index in [1.807, 2.05) is 27.7 Å². The molecule has 0 aromatic carbocycles. The summed E-state index contributed by atoms with van der Waals surface area (Å²) in [5, 5.41) is 16.6. The summed E-state index contributed by atoms with van der Waals surface area (Å²) in [7, 11) is 3.35. The molecule has 0 amide bonds. The Balaban J connectivity index is -0.000000150. The van der Waals surface area contributed by atoms with E-state index in [0.29, 0.717) is 162 Å². The quantitative estimate of drug-likeness (QED) is 0.0547. The van der Waals surface area contributed by atoms with E-state index in [4.69, 9.17) is 86.0 Å². The van der Waals surface area contributed by atoms with E-state index < -0.39 is 0 Å². The van der Waals surface area contributed by atoms with Crippen LogP contribution in [-0.2, 0) is 75.8 Å². The summed E-state index contributed by atoms with van der Waals surface area (Å²) in [5.74, 6) is 0. The van der Waals surface area contributed by atoms with Crippen LogP contribution in [0.1, 0.15) is 169 Å². The van der Waals surface area contributed by atoms with Crippen molar-refractivity contribution in [2.24, 2.45) is 0 Å². The molecular weight excluding hydrogens is 997 g/mol. The van der Waals surface area contributed by atoms with Crippen molar-refractivity contribution >= 4 is 0 Å². The van der Waals surface area contributed by atoms with Crippen LogP contribution in [0.15, 0.2) is 0 Å². The third kappa shape index (κ3) is 104. The molecule has 0 saturated heterocycles. The lowest BCUT2D eigenvalue weighted by Crippen LogP contribution is -2.13. The van der Waals surface area contributed by atoms with Crippen molar-refractivity contribution in [2.75, 3.05) is 179 Å². The first kappa shape index (κ1) is 90.1. The molecule has 7 unspecified atom stereocenters. The summed E-state index contributed by atoms with van der Waals surface area (Å²) < 4.78 is 83.3. The highest BCUT2D eigenvalue weighted by atomic mass is 16.6. The molecule has 0 radical (unpaired) electrons. The minimum absolute atomic E-state index is 0.0866. The largest absolute Gasteiger partial charge is 0.394 e. The molecule has 0 fully saturated rings. The third-order valence-corrected chi connectivity index (χ3v) is 10.5. The SMILES string of the molecule is CCC(C)OCCO.CCC(C)OCCOC.CCC(C)OCCOCCO.CCC(C)OCCOCCOC.CCCOCCOCCOC(C)CC.CCOCCOC(C)CC.CCOCCOCCOC(C)CC. The Morgan fingerprint density at radius 2 is 0.429 bits per heavy atom. The van der Waals surface area contributed by atoms with Crippen molar-refractivity contribution in [2.45, 2.75) is 212 Å². The average Bonchev–Trinajstić information content (AvgIpc) is 3.45. The first-order chi connectivity index (χ1) is 37.2. The van der Waals surface area contributed by atoms with Crippen LogP contribution in [0.3, 0.4) is 0 Å². The lowest BCUT2D eigenvalue weighted by Gasteiger charge is -2.10. The monoisotopic (exact) mass is 1130 g/mol. The molecule has 0 aliphatic rings. The molecule has 77 heavy (non-hydrogen) atoms. The van der Waals surface area contributed by atoms with Gasteiger partial charge in [-0.15, -0.1) is 0 Å². The Kier molecular flexibility index (Phi) is 101. The molecule has 476 valence electrons. The van der Waals surface area contributed by atoms with Gasteiger partial charge in [0.1, 0.15) is 0 Å². The smallest absolute Gasteiger partial charge is 0.0704 e. The number of hydrogen-bond donors (Lipinski definition) is 2. The Morgan fingerprint density at radius 3 is 0.675 bits per heavy atom. The zero-order valence-corrected chi connectivity index (χ0v) is 53.8. The first-order valence-electron chi connectivity index (χ1n) is 29.7. The lowest BCUT2D eigenvalue weighted by molar-refractivity contribution is -0.00680. The molecule has 0 saturated carbocycles. The molecule has 0 bridgehead atoms. The van der Waals surface area contributed by atoms with Gasteiger partial charge in [0.15, 0.2) is 0 Å². The Bertz CT molecular complexity index is 919. The van der Waals surface area contributed by atoms with Crippen molar-refractivity contribution in [3.63, 3.8) is 0 Å². The highest BCUT2D eigenvalue weighted by Crippen LogP contribution is 1.99. The Hall–Kier alpha value is -0.720. The summed E-state index contributed by atoms with van der Waals surface area (Å²) in [6.07, 6.45) is 10.8. The van der Waals surface area contributed by atoms with Crippen LogP contribution in [0.2, 0.25) is 0 Å². The highest BCUT2D eigenvalue weighted by Gasteiger charge is 2.01. The van der Waals surface area contributed by atoms with Gasteiger partial charge in [-0.3, -0.25) is 0 Å². The first-order valence-corrected chi connectivity index (χ1v) is 29.7. The summed E-state index contributed by atoms with van der Waals surface area (Å²) in [5.41, 5.74) is 0. The van der Waals surface area contributed by atoms with E-state index in [1.54, 1.807) is 14.2 Å². The maximum absolute atomic E-state index is 8.36. The van der Waals surface area contributed by atoms with E-state index >= 15 is 0 Å². The van der Waals surface area contributed by atoms with Crippen LogP contribution in [-0.4, -0.2) is 232 Å². The van der Waals surface area contributed by atoms with Crippen LogP contribution in [0, 0.1) is 0 Å². The van der Waals surface area contributed by atoms with Gasteiger partial charge in [0.2, 0.25) is 0 Å². The van der Waals surface area contributed by atoms with Gasteiger partial charge in [-0.25, -0.2) is 0 Å². The Morgan fingerprint density at radius 1 is 0.234 bits per heavy atom. The maximum Gasteiger partial charge on any atom is 0.0704 e. The van der Waals surface area contributed by atoms with Gasteiger partial charge in [-0.05, 0) is 114 Å². The van der Waals surface area contributed by atoms with Crippen LogP contribution >= 0.6 is 0 Å². The second-order valence-corrected chi connectivity index (χ2v) is 17.5. The second-order valence-electron chi connectivity index (χ2n) is 17.5. The van der Waals surface area contributed by atoms with Gasteiger partial charge in [0.25, 0.3) is 0 Å². The molecule has 2 N–H and O–H groups in total. The Labute approximate surface area is 475 Å². The van der Waals surface area contributed by atoms with Crippen molar-refractivity contribution in [3.05, 3.63) is 0 Å². The molecule has 18 nitrogen and oxygen atoms in total. The molecule has 18 heteroatoms.